The summed E-state index contributed by atoms with van der Waals surface area (Å²) in [5.41, 5.74) is 20.3. The number of hydrogen-bond donors (Lipinski definition) is 1. The second-order valence-corrected chi connectivity index (χ2v) is 18.6. The molecule has 57 heavy (non-hydrogen) atoms. The van der Waals surface area contributed by atoms with Gasteiger partial charge in [0.05, 0.1) is 11.0 Å². The molecule has 8 aromatic rings. The molecule has 1 aromatic heterocycles. The van der Waals surface area contributed by atoms with Crippen LogP contribution in [0.4, 0.5) is 11.4 Å². The number of nitrogens with zero attached hydrogens (tertiary/aromatic N) is 1. The lowest BCUT2D eigenvalue weighted by molar-refractivity contribution is -0.0399. The van der Waals surface area contributed by atoms with Crippen LogP contribution in [0.3, 0.4) is 0 Å². The van der Waals surface area contributed by atoms with Gasteiger partial charge >= 0.3 is 0 Å². The van der Waals surface area contributed by atoms with Crippen LogP contribution in [-0.4, -0.2) is 4.57 Å². The van der Waals surface area contributed by atoms with E-state index >= 15 is 0 Å². The number of hydrogen-bond acceptors (Lipinski definition) is 1. The molecule has 6 aliphatic rings. The third-order valence-electron chi connectivity index (χ3n) is 15.5. The van der Waals surface area contributed by atoms with Gasteiger partial charge in [0.1, 0.15) is 0 Å². The molecule has 1 N–H and O–H groups in total. The lowest BCUT2D eigenvalue weighted by atomic mass is 9.43. The number of rotatable bonds is 4. The Bertz CT molecular complexity index is 2950. The monoisotopic (exact) mass is 734 g/mol. The Balaban J connectivity index is 0.963. The van der Waals surface area contributed by atoms with Crippen LogP contribution in [0.5, 0.6) is 0 Å². The van der Waals surface area contributed by atoms with Crippen molar-refractivity contribution in [2.24, 2.45) is 23.7 Å². The number of aromatic nitrogens is 1. The molecule has 2 heteroatoms. The maximum Gasteiger partial charge on any atom is 0.0619 e. The van der Waals surface area contributed by atoms with Crippen LogP contribution in [-0.2, 0) is 10.8 Å². The van der Waals surface area contributed by atoms with Crippen LogP contribution in [0.15, 0.2) is 152 Å². The Labute approximate surface area is 335 Å². The van der Waals surface area contributed by atoms with Crippen LogP contribution in [0.25, 0.3) is 60.9 Å². The minimum Gasteiger partial charge on any atom is -0.355 e. The largest absolute Gasteiger partial charge is 0.355 e. The topological polar surface area (TPSA) is 17.0 Å². The first-order valence-corrected chi connectivity index (χ1v) is 21.4. The van der Waals surface area contributed by atoms with Gasteiger partial charge in [-0.3, -0.25) is 0 Å². The van der Waals surface area contributed by atoms with Crippen LogP contribution >= 0.6 is 0 Å². The highest BCUT2D eigenvalue weighted by Crippen LogP contribution is 2.69. The summed E-state index contributed by atoms with van der Waals surface area (Å²) in [7, 11) is 0. The van der Waals surface area contributed by atoms with Crippen LogP contribution in [0, 0.1) is 23.7 Å². The number of para-hydroxylation sites is 2. The van der Waals surface area contributed by atoms with Gasteiger partial charge in [0, 0.05) is 44.2 Å². The Morgan fingerprint density at radius 1 is 0.474 bits per heavy atom. The zero-order valence-corrected chi connectivity index (χ0v) is 32.7. The van der Waals surface area contributed by atoms with E-state index < -0.39 is 0 Å². The summed E-state index contributed by atoms with van der Waals surface area (Å²) in [6.07, 6.45) is 7.13. The molecule has 0 aliphatic heterocycles. The maximum atomic E-state index is 3.82. The molecule has 0 saturated heterocycles. The molecule has 0 radical (unpaired) electrons. The SMILES string of the molecule is CC1(C)c2ccccc2-c2cc(Nc3ccc4c(c3)c3cccc(-c5ccc6c(c5)-c5ccccc5C65C6CC7CC(C6)CC5C7)c3n4-c3ccccc3)ccc21. The van der Waals surface area contributed by atoms with Crippen LogP contribution < -0.4 is 5.32 Å². The Morgan fingerprint density at radius 3 is 1.86 bits per heavy atom. The highest BCUT2D eigenvalue weighted by atomic mass is 15.0. The molecule has 14 rings (SSSR count). The first-order chi connectivity index (χ1) is 28.0. The first kappa shape index (κ1) is 32.2. The van der Waals surface area contributed by atoms with Crippen molar-refractivity contribution < 1.29 is 0 Å². The molecule has 2 nitrogen and oxygen atoms in total. The third-order valence-corrected chi connectivity index (χ3v) is 15.5. The molecule has 0 amide bonds. The Kier molecular flexibility index (Phi) is 6.44. The second kappa shape index (κ2) is 11.4. The van der Waals surface area contributed by atoms with Crippen molar-refractivity contribution >= 4 is 33.2 Å². The Hall–Kier alpha value is -5.86. The summed E-state index contributed by atoms with van der Waals surface area (Å²) in [6, 6.07) is 57.7. The van der Waals surface area contributed by atoms with Gasteiger partial charge in [-0.05, 0) is 154 Å². The molecule has 6 aliphatic carbocycles. The standard InChI is InChI=1S/C55H46N2/c1-54(2)48-17-8-6-13-42(48)46-31-38(20-23-49(46)54)56-39-21-24-52-47(32-39)44-16-10-15-41(53(44)57(52)40-11-4-3-5-12-40)35-19-22-51-45(30-35)43-14-7-9-18-50(43)55(51)36-26-33-25-34(28-36)29-37(55)27-33/h3-24,30-34,36-37,56H,25-29H2,1-2H3. The molecule has 4 fully saturated rings. The predicted molar refractivity (Wildman–Crippen MR) is 237 cm³/mol. The minimum absolute atomic E-state index is 0.000866. The van der Waals surface area contributed by atoms with E-state index in [0.717, 1.165) is 35.0 Å². The van der Waals surface area contributed by atoms with Crippen molar-refractivity contribution in [1.29, 1.82) is 0 Å². The zero-order valence-electron chi connectivity index (χ0n) is 32.7. The van der Waals surface area contributed by atoms with Crippen molar-refractivity contribution in [2.45, 2.75) is 56.8 Å². The van der Waals surface area contributed by atoms with E-state index in [2.05, 4.69) is 175 Å². The van der Waals surface area contributed by atoms with Gasteiger partial charge in [-0.15, -0.1) is 0 Å². The average molecular weight is 735 g/mol. The highest BCUT2D eigenvalue weighted by Gasteiger charge is 2.61. The fourth-order valence-electron chi connectivity index (χ4n) is 13.5. The third kappa shape index (κ3) is 4.26. The van der Waals surface area contributed by atoms with Crippen molar-refractivity contribution in [2.75, 3.05) is 5.32 Å². The first-order valence-electron chi connectivity index (χ1n) is 21.4. The van der Waals surface area contributed by atoms with E-state index in [1.54, 1.807) is 11.1 Å². The number of fused-ring (bicyclic) bond motifs is 9. The van der Waals surface area contributed by atoms with Gasteiger partial charge in [-0.1, -0.05) is 117 Å². The average Bonchev–Trinajstić information content (AvgIpc) is 3.81. The van der Waals surface area contributed by atoms with Crippen LogP contribution in [0.2, 0.25) is 0 Å². The van der Waals surface area contributed by atoms with E-state index in [0.29, 0.717) is 0 Å². The van der Waals surface area contributed by atoms with Gasteiger partial charge in [0.25, 0.3) is 0 Å². The molecule has 0 atom stereocenters. The fraction of sp³-hybridized carbons (Fsp3) is 0.236. The zero-order chi connectivity index (χ0) is 37.6. The minimum atomic E-state index is -0.000866. The quantitative estimate of drug-likeness (QED) is 0.190. The van der Waals surface area contributed by atoms with E-state index in [9.17, 15) is 0 Å². The molecule has 1 spiro atoms. The molecule has 276 valence electrons. The molecule has 1 heterocycles. The molecule has 0 unspecified atom stereocenters. The van der Waals surface area contributed by atoms with E-state index in [4.69, 9.17) is 0 Å². The van der Waals surface area contributed by atoms with Crippen molar-refractivity contribution in [3.63, 3.8) is 0 Å². The lowest BCUT2D eigenvalue weighted by Gasteiger charge is -2.61. The van der Waals surface area contributed by atoms with Gasteiger partial charge in [-0.2, -0.15) is 0 Å². The maximum absolute atomic E-state index is 3.82. The number of nitrogens with one attached hydrogen (secondary N) is 1. The molecule has 4 saturated carbocycles. The normalized spacial score (nSPS) is 24.2. The Morgan fingerprint density at radius 2 is 1.07 bits per heavy atom. The molecule has 4 bridgehead atoms. The fourth-order valence-corrected chi connectivity index (χ4v) is 13.5. The highest BCUT2D eigenvalue weighted by molar-refractivity contribution is 6.15. The van der Waals surface area contributed by atoms with Crippen molar-refractivity contribution in [1.82, 2.24) is 4.57 Å². The summed E-state index contributed by atoms with van der Waals surface area (Å²) in [4.78, 5) is 0. The van der Waals surface area contributed by atoms with E-state index in [-0.39, 0.29) is 10.8 Å². The predicted octanol–water partition coefficient (Wildman–Crippen LogP) is 14.2. The van der Waals surface area contributed by atoms with E-state index in [1.165, 1.54) is 104 Å². The summed E-state index contributed by atoms with van der Waals surface area (Å²) < 4.78 is 2.50. The molecular formula is C55H46N2. The summed E-state index contributed by atoms with van der Waals surface area (Å²) in [6.45, 7) is 4.69. The van der Waals surface area contributed by atoms with Gasteiger partial charge in [0.2, 0.25) is 0 Å². The van der Waals surface area contributed by atoms with Crippen molar-refractivity contribution in [3.05, 3.63) is 174 Å². The smallest absolute Gasteiger partial charge is 0.0619 e. The summed E-state index contributed by atoms with van der Waals surface area (Å²) in [5, 5.41) is 6.36. The summed E-state index contributed by atoms with van der Waals surface area (Å²) in [5.74, 6) is 3.43. The van der Waals surface area contributed by atoms with Crippen LogP contribution in [0.1, 0.15) is 68.2 Å². The van der Waals surface area contributed by atoms with E-state index in [1.807, 2.05) is 0 Å². The van der Waals surface area contributed by atoms with Gasteiger partial charge in [-0.25, -0.2) is 0 Å². The second-order valence-electron chi connectivity index (χ2n) is 18.6. The summed E-state index contributed by atoms with van der Waals surface area (Å²) >= 11 is 0. The van der Waals surface area contributed by atoms with Gasteiger partial charge < -0.3 is 9.88 Å². The molecule has 7 aromatic carbocycles. The van der Waals surface area contributed by atoms with Gasteiger partial charge in [0.15, 0.2) is 0 Å². The number of anilines is 2. The van der Waals surface area contributed by atoms with Crippen molar-refractivity contribution in [3.8, 4) is 39.1 Å². The molecular weight excluding hydrogens is 689 g/mol. The number of benzene rings is 7. The lowest BCUT2D eigenvalue weighted by Crippen LogP contribution is -2.55.